The Morgan fingerprint density at radius 1 is 1.53 bits per heavy atom. The van der Waals surface area contributed by atoms with Gasteiger partial charge in [0.05, 0.1) is 11.2 Å². The monoisotopic (exact) mass is 250 g/mol. The summed E-state index contributed by atoms with van der Waals surface area (Å²) in [5.74, 6) is 0. The number of nitrogens with zero attached hydrogens (tertiary/aromatic N) is 3. The second-order valence-electron chi connectivity index (χ2n) is 4.04. The summed E-state index contributed by atoms with van der Waals surface area (Å²) in [4.78, 5) is 5.41. The molecule has 2 aromatic heterocycles. The Morgan fingerprint density at radius 3 is 2.94 bits per heavy atom. The average molecular weight is 250 g/mol. The van der Waals surface area contributed by atoms with Crippen molar-refractivity contribution >= 4 is 11.3 Å². The molecule has 1 atom stereocenters. The van der Waals surface area contributed by atoms with Crippen molar-refractivity contribution in [3.63, 3.8) is 0 Å². The van der Waals surface area contributed by atoms with Crippen molar-refractivity contribution < 1.29 is 0 Å². The van der Waals surface area contributed by atoms with Crippen LogP contribution in [0.4, 0.5) is 0 Å². The molecule has 0 aliphatic carbocycles. The van der Waals surface area contributed by atoms with Gasteiger partial charge in [0, 0.05) is 35.8 Å². The smallest absolute Gasteiger partial charge is 0.0794 e. The second-order valence-corrected chi connectivity index (χ2v) is 4.96. The van der Waals surface area contributed by atoms with Crippen LogP contribution in [0.2, 0.25) is 0 Å². The van der Waals surface area contributed by atoms with Gasteiger partial charge >= 0.3 is 0 Å². The Labute approximate surface area is 106 Å². The minimum absolute atomic E-state index is 0.323. The molecule has 2 heterocycles. The van der Waals surface area contributed by atoms with Gasteiger partial charge < -0.3 is 5.32 Å². The third kappa shape index (κ3) is 2.73. The van der Waals surface area contributed by atoms with Crippen molar-refractivity contribution in [3.05, 3.63) is 34.0 Å². The van der Waals surface area contributed by atoms with Gasteiger partial charge in [-0.05, 0) is 27.0 Å². The Balaban J connectivity index is 2.18. The fourth-order valence-electron chi connectivity index (χ4n) is 1.99. The number of aryl methyl sites for hydroxylation is 2. The van der Waals surface area contributed by atoms with Crippen molar-refractivity contribution in [1.29, 1.82) is 0 Å². The van der Waals surface area contributed by atoms with Crippen LogP contribution in [0.3, 0.4) is 0 Å². The molecule has 4 nitrogen and oxygen atoms in total. The van der Waals surface area contributed by atoms with E-state index in [1.807, 2.05) is 25.7 Å². The number of likely N-dealkylation sites (N-methyl/N-ethyl adjacent to an activating group) is 1. The second kappa shape index (κ2) is 5.42. The first-order valence-electron chi connectivity index (χ1n) is 5.83. The molecule has 0 amide bonds. The van der Waals surface area contributed by atoms with Crippen molar-refractivity contribution in [2.75, 3.05) is 7.05 Å². The van der Waals surface area contributed by atoms with Crippen LogP contribution in [0, 0.1) is 6.92 Å². The number of thiazole rings is 1. The highest BCUT2D eigenvalue weighted by Crippen LogP contribution is 2.21. The highest BCUT2D eigenvalue weighted by Gasteiger charge is 2.14. The first kappa shape index (κ1) is 12.3. The summed E-state index contributed by atoms with van der Waals surface area (Å²) < 4.78 is 2.07. The minimum atomic E-state index is 0.323. The Hall–Kier alpha value is -1.20. The molecule has 0 saturated heterocycles. The van der Waals surface area contributed by atoms with Crippen LogP contribution < -0.4 is 5.32 Å². The van der Waals surface area contributed by atoms with E-state index in [2.05, 4.69) is 33.1 Å². The zero-order chi connectivity index (χ0) is 12.3. The standard InChI is InChI=1S/C12H18N4S/c1-4-16-10(5-9(2)15-16)6-11(13-3)12-7-14-8-17-12/h5,7-8,11,13H,4,6H2,1-3H3. The van der Waals surface area contributed by atoms with Gasteiger partial charge in [-0.3, -0.25) is 9.67 Å². The molecule has 1 unspecified atom stereocenters. The van der Waals surface area contributed by atoms with Crippen molar-refractivity contribution in [2.45, 2.75) is 32.9 Å². The van der Waals surface area contributed by atoms with Crippen molar-refractivity contribution in [1.82, 2.24) is 20.1 Å². The number of hydrogen-bond donors (Lipinski definition) is 1. The third-order valence-electron chi connectivity index (χ3n) is 2.84. The third-order valence-corrected chi connectivity index (χ3v) is 3.73. The van der Waals surface area contributed by atoms with Gasteiger partial charge in [0.15, 0.2) is 0 Å². The van der Waals surface area contributed by atoms with Crippen LogP contribution in [-0.4, -0.2) is 21.8 Å². The van der Waals surface area contributed by atoms with Crippen LogP contribution in [0.5, 0.6) is 0 Å². The topological polar surface area (TPSA) is 42.7 Å². The lowest BCUT2D eigenvalue weighted by atomic mass is 10.1. The lowest BCUT2D eigenvalue weighted by Gasteiger charge is -2.14. The van der Waals surface area contributed by atoms with Gasteiger partial charge in [-0.25, -0.2) is 0 Å². The molecule has 2 rings (SSSR count). The summed E-state index contributed by atoms with van der Waals surface area (Å²) in [5, 5.41) is 7.82. The Kier molecular flexibility index (Phi) is 3.91. The van der Waals surface area contributed by atoms with Crippen LogP contribution >= 0.6 is 11.3 Å². The number of rotatable bonds is 5. The Morgan fingerprint density at radius 2 is 2.35 bits per heavy atom. The van der Waals surface area contributed by atoms with Crippen LogP contribution in [0.25, 0.3) is 0 Å². The molecule has 17 heavy (non-hydrogen) atoms. The highest BCUT2D eigenvalue weighted by molar-refractivity contribution is 7.09. The SMILES string of the molecule is CCn1nc(C)cc1CC(NC)c1cncs1. The van der Waals surface area contributed by atoms with Crippen LogP contribution in [0.15, 0.2) is 17.8 Å². The van der Waals surface area contributed by atoms with E-state index in [0.717, 1.165) is 18.7 Å². The van der Waals surface area contributed by atoms with Crippen molar-refractivity contribution in [3.8, 4) is 0 Å². The maximum absolute atomic E-state index is 4.47. The molecule has 0 aromatic carbocycles. The van der Waals surface area contributed by atoms with Crippen LogP contribution in [-0.2, 0) is 13.0 Å². The molecular weight excluding hydrogens is 232 g/mol. The quantitative estimate of drug-likeness (QED) is 0.884. The van der Waals surface area contributed by atoms with Crippen molar-refractivity contribution in [2.24, 2.45) is 0 Å². The normalized spacial score (nSPS) is 12.9. The fourth-order valence-corrected chi connectivity index (χ4v) is 2.72. The van der Waals surface area contributed by atoms with E-state index in [0.29, 0.717) is 6.04 Å². The molecular formula is C12H18N4S. The summed E-state index contributed by atoms with van der Waals surface area (Å²) in [6.45, 7) is 5.08. The van der Waals surface area contributed by atoms with Gasteiger partial charge in [0.25, 0.3) is 0 Å². The summed E-state index contributed by atoms with van der Waals surface area (Å²) in [6.07, 6.45) is 2.89. The minimum Gasteiger partial charge on any atom is -0.312 e. The van der Waals surface area contributed by atoms with E-state index in [9.17, 15) is 0 Å². The largest absolute Gasteiger partial charge is 0.312 e. The van der Waals surface area contributed by atoms with E-state index in [-0.39, 0.29) is 0 Å². The predicted octanol–water partition coefficient (Wildman–Crippen LogP) is 2.17. The molecule has 0 spiro atoms. The summed E-state index contributed by atoms with van der Waals surface area (Å²) >= 11 is 1.69. The maximum Gasteiger partial charge on any atom is 0.0794 e. The summed E-state index contributed by atoms with van der Waals surface area (Å²) in [5.41, 5.74) is 4.24. The zero-order valence-corrected chi connectivity index (χ0v) is 11.3. The number of nitrogens with one attached hydrogen (secondary N) is 1. The highest BCUT2D eigenvalue weighted by atomic mass is 32.1. The number of aromatic nitrogens is 3. The molecule has 0 fully saturated rings. The van der Waals surface area contributed by atoms with E-state index in [1.165, 1.54) is 10.6 Å². The molecule has 2 aromatic rings. The molecule has 0 aliphatic heterocycles. The molecule has 0 saturated carbocycles. The summed E-state index contributed by atoms with van der Waals surface area (Å²) in [6, 6.07) is 2.48. The maximum atomic E-state index is 4.47. The number of hydrogen-bond acceptors (Lipinski definition) is 4. The van der Waals surface area contributed by atoms with Gasteiger partial charge in [-0.15, -0.1) is 11.3 Å². The van der Waals surface area contributed by atoms with Gasteiger partial charge in [0.1, 0.15) is 0 Å². The molecule has 0 bridgehead atoms. The molecule has 1 N–H and O–H groups in total. The lowest BCUT2D eigenvalue weighted by molar-refractivity contribution is 0.546. The van der Waals surface area contributed by atoms with E-state index in [4.69, 9.17) is 0 Å². The molecule has 5 heteroatoms. The summed E-state index contributed by atoms with van der Waals surface area (Å²) in [7, 11) is 1.99. The molecule has 0 radical (unpaired) electrons. The van der Waals surface area contributed by atoms with Gasteiger partial charge in [0.2, 0.25) is 0 Å². The van der Waals surface area contributed by atoms with Crippen LogP contribution in [0.1, 0.15) is 29.2 Å². The average Bonchev–Trinajstić information content (AvgIpc) is 2.94. The van der Waals surface area contributed by atoms with Gasteiger partial charge in [-0.1, -0.05) is 0 Å². The predicted molar refractivity (Wildman–Crippen MR) is 70.3 cm³/mol. The van der Waals surface area contributed by atoms with E-state index < -0.39 is 0 Å². The lowest BCUT2D eigenvalue weighted by Crippen LogP contribution is -2.19. The van der Waals surface area contributed by atoms with E-state index >= 15 is 0 Å². The first-order valence-corrected chi connectivity index (χ1v) is 6.71. The molecule has 0 aliphatic rings. The molecule has 92 valence electrons. The van der Waals surface area contributed by atoms with Gasteiger partial charge in [-0.2, -0.15) is 5.10 Å². The zero-order valence-electron chi connectivity index (χ0n) is 10.5. The first-order chi connectivity index (χ1) is 8.24. The Bertz CT molecular complexity index is 461. The van der Waals surface area contributed by atoms with E-state index in [1.54, 1.807) is 11.3 Å². The fraction of sp³-hybridized carbons (Fsp3) is 0.500.